The molecule has 0 spiro atoms. The van der Waals surface area contributed by atoms with E-state index in [2.05, 4.69) is 20.8 Å². The first-order chi connectivity index (χ1) is 14.8. The topological polar surface area (TPSA) is 79.4 Å². The predicted molar refractivity (Wildman–Crippen MR) is 118 cm³/mol. The van der Waals surface area contributed by atoms with Crippen LogP contribution in [0.25, 0.3) is 0 Å². The number of carbonyl (C=O) groups excluding carboxylic acids is 1. The molecule has 8 nitrogen and oxygen atoms in total. The maximum Gasteiger partial charge on any atom is 0.243 e. The van der Waals surface area contributed by atoms with Gasteiger partial charge in [0.25, 0.3) is 0 Å². The largest absolute Gasteiger partial charge is 0.454 e. The lowest BCUT2D eigenvalue weighted by Gasteiger charge is -2.35. The van der Waals surface area contributed by atoms with Gasteiger partial charge < -0.3 is 14.4 Å². The minimum absolute atomic E-state index is 0.166. The summed E-state index contributed by atoms with van der Waals surface area (Å²) < 4.78 is 38.1. The molecule has 0 saturated carbocycles. The molecule has 0 atom stereocenters. The number of amides is 1. The fourth-order valence-corrected chi connectivity index (χ4v) is 5.00. The van der Waals surface area contributed by atoms with Gasteiger partial charge in [-0.2, -0.15) is 4.31 Å². The predicted octanol–water partition coefficient (Wildman–Crippen LogP) is 2.14. The zero-order chi connectivity index (χ0) is 22.0. The Hall–Kier alpha value is -2.14. The van der Waals surface area contributed by atoms with Gasteiger partial charge in [0, 0.05) is 44.2 Å². The Bertz CT molecular complexity index is 1050. The number of piperazine rings is 1. The van der Waals surface area contributed by atoms with E-state index in [9.17, 15) is 13.2 Å². The van der Waals surface area contributed by atoms with Crippen LogP contribution in [-0.2, 0) is 21.4 Å². The Morgan fingerprint density at radius 1 is 1.03 bits per heavy atom. The minimum atomic E-state index is -3.71. The number of hydrogen-bond donors (Lipinski definition) is 0. The molecule has 0 aromatic heterocycles. The number of halogens is 1. The second-order valence-electron chi connectivity index (χ2n) is 7.56. The van der Waals surface area contributed by atoms with E-state index >= 15 is 0 Å². The Morgan fingerprint density at radius 3 is 2.42 bits per heavy atom. The van der Waals surface area contributed by atoms with Gasteiger partial charge in [-0.05, 0) is 42.0 Å². The van der Waals surface area contributed by atoms with E-state index in [1.165, 1.54) is 19.2 Å². The average Bonchev–Trinajstić information content (AvgIpc) is 3.22. The number of carbonyl (C=O) groups is 1. The minimum Gasteiger partial charge on any atom is -0.454 e. The molecule has 0 N–H and O–H groups in total. The molecular formula is C21H24BrN3O5S. The summed E-state index contributed by atoms with van der Waals surface area (Å²) >= 11 is 3.30. The van der Waals surface area contributed by atoms with Gasteiger partial charge in [0.2, 0.25) is 22.7 Å². The summed E-state index contributed by atoms with van der Waals surface area (Å²) in [4.78, 5) is 16.9. The van der Waals surface area contributed by atoms with Crippen LogP contribution >= 0.6 is 15.9 Å². The van der Waals surface area contributed by atoms with E-state index in [0.29, 0.717) is 13.1 Å². The van der Waals surface area contributed by atoms with Gasteiger partial charge in [-0.3, -0.25) is 9.69 Å². The lowest BCUT2D eigenvalue weighted by atomic mass is 10.1. The lowest BCUT2D eigenvalue weighted by Crippen LogP contribution is -2.51. The average molecular weight is 510 g/mol. The zero-order valence-corrected chi connectivity index (χ0v) is 19.6. The van der Waals surface area contributed by atoms with Gasteiger partial charge in [0.05, 0.1) is 11.4 Å². The summed E-state index contributed by atoms with van der Waals surface area (Å²) in [6.07, 6.45) is 0. The van der Waals surface area contributed by atoms with Crippen LogP contribution in [0.3, 0.4) is 0 Å². The molecule has 1 saturated heterocycles. The Labute approximate surface area is 190 Å². The van der Waals surface area contributed by atoms with E-state index in [0.717, 1.165) is 45.5 Å². The molecule has 2 heterocycles. The first kappa shape index (κ1) is 22.1. The summed E-state index contributed by atoms with van der Waals surface area (Å²) in [7, 11) is -2.28. The molecule has 2 aliphatic heterocycles. The van der Waals surface area contributed by atoms with Crippen molar-refractivity contribution in [3.63, 3.8) is 0 Å². The van der Waals surface area contributed by atoms with E-state index in [1.807, 2.05) is 18.2 Å². The van der Waals surface area contributed by atoms with Crippen molar-refractivity contribution >= 4 is 31.9 Å². The number of ether oxygens (including phenoxy) is 2. The maximum absolute atomic E-state index is 12.7. The van der Waals surface area contributed by atoms with Gasteiger partial charge in [-0.25, -0.2) is 8.42 Å². The smallest absolute Gasteiger partial charge is 0.243 e. The van der Waals surface area contributed by atoms with Crippen molar-refractivity contribution in [1.29, 1.82) is 0 Å². The zero-order valence-electron chi connectivity index (χ0n) is 17.2. The molecule has 166 valence electrons. The molecule has 10 heteroatoms. The van der Waals surface area contributed by atoms with Crippen molar-refractivity contribution in [3.8, 4) is 11.5 Å². The number of likely N-dealkylation sites (N-methyl/N-ethyl adjacent to an activating group) is 1. The van der Waals surface area contributed by atoms with Gasteiger partial charge in [-0.1, -0.05) is 22.0 Å². The highest BCUT2D eigenvalue weighted by Crippen LogP contribution is 2.32. The Kier molecular flexibility index (Phi) is 6.52. The monoisotopic (exact) mass is 509 g/mol. The fraction of sp³-hybridized carbons (Fsp3) is 0.381. The second-order valence-corrected chi connectivity index (χ2v) is 10.5. The van der Waals surface area contributed by atoms with Crippen molar-refractivity contribution in [2.75, 3.05) is 46.6 Å². The number of hydrogen-bond acceptors (Lipinski definition) is 6. The van der Waals surface area contributed by atoms with Crippen molar-refractivity contribution in [1.82, 2.24) is 14.1 Å². The van der Waals surface area contributed by atoms with Crippen LogP contribution in [-0.4, -0.2) is 75.0 Å². The molecule has 4 rings (SSSR count). The maximum atomic E-state index is 12.7. The molecule has 0 aliphatic carbocycles. The highest BCUT2D eigenvalue weighted by atomic mass is 79.9. The lowest BCUT2D eigenvalue weighted by molar-refractivity contribution is -0.133. The molecular weight excluding hydrogens is 486 g/mol. The Balaban J connectivity index is 1.29. The SMILES string of the molecule is CN(CC(=O)N1CCN(Cc2ccc3c(c2)OCO3)CC1)S(=O)(=O)c1ccc(Br)cc1. The molecule has 2 aromatic rings. The Morgan fingerprint density at radius 2 is 1.71 bits per heavy atom. The van der Waals surface area contributed by atoms with Crippen molar-refractivity contribution in [3.05, 3.63) is 52.5 Å². The van der Waals surface area contributed by atoms with Crippen LogP contribution in [0.4, 0.5) is 0 Å². The van der Waals surface area contributed by atoms with E-state index in [-0.39, 0.29) is 24.1 Å². The molecule has 1 amide bonds. The van der Waals surface area contributed by atoms with Crippen molar-refractivity contribution in [2.24, 2.45) is 0 Å². The first-order valence-corrected chi connectivity index (χ1v) is 12.2. The fourth-order valence-electron chi connectivity index (χ4n) is 3.61. The van der Waals surface area contributed by atoms with Crippen LogP contribution in [0.1, 0.15) is 5.56 Å². The van der Waals surface area contributed by atoms with Gasteiger partial charge in [0.1, 0.15) is 0 Å². The van der Waals surface area contributed by atoms with Crippen molar-refractivity contribution < 1.29 is 22.7 Å². The summed E-state index contributed by atoms with van der Waals surface area (Å²) in [6, 6.07) is 12.3. The number of rotatable bonds is 6. The number of benzene rings is 2. The van der Waals surface area contributed by atoms with Crippen LogP contribution in [0.15, 0.2) is 51.8 Å². The molecule has 0 bridgehead atoms. The van der Waals surface area contributed by atoms with E-state index in [4.69, 9.17) is 9.47 Å². The van der Waals surface area contributed by atoms with Crippen LogP contribution in [0, 0.1) is 0 Å². The third-order valence-electron chi connectivity index (χ3n) is 5.45. The molecule has 31 heavy (non-hydrogen) atoms. The molecule has 1 fully saturated rings. The van der Waals surface area contributed by atoms with Crippen LogP contribution < -0.4 is 9.47 Å². The highest BCUT2D eigenvalue weighted by Gasteiger charge is 2.27. The summed E-state index contributed by atoms with van der Waals surface area (Å²) in [5.74, 6) is 1.34. The number of nitrogens with zero attached hydrogens (tertiary/aromatic N) is 3. The molecule has 0 radical (unpaired) electrons. The van der Waals surface area contributed by atoms with Gasteiger partial charge in [-0.15, -0.1) is 0 Å². The quantitative estimate of drug-likeness (QED) is 0.593. The van der Waals surface area contributed by atoms with E-state index < -0.39 is 10.0 Å². The third-order valence-corrected chi connectivity index (χ3v) is 7.79. The second kappa shape index (κ2) is 9.15. The molecule has 2 aliphatic rings. The molecule has 0 unspecified atom stereocenters. The van der Waals surface area contributed by atoms with Crippen LogP contribution in [0.5, 0.6) is 11.5 Å². The summed E-state index contributed by atoms with van der Waals surface area (Å²) in [6.45, 7) is 3.42. The van der Waals surface area contributed by atoms with Gasteiger partial charge in [0.15, 0.2) is 11.5 Å². The third kappa shape index (κ3) is 5.03. The summed E-state index contributed by atoms with van der Waals surface area (Å²) in [5, 5.41) is 0. The first-order valence-electron chi connectivity index (χ1n) is 9.93. The number of fused-ring (bicyclic) bond motifs is 1. The summed E-state index contributed by atoms with van der Waals surface area (Å²) in [5.41, 5.74) is 1.13. The molecule has 2 aromatic carbocycles. The van der Waals surface area contributed by atoms with Crippen LogP contribution in [0.2, 0.25) is 0 Å². The van der Waals surface area contributed by atoms with E-state index in [1.54, 1.807) is 17.0 Å². The number of sulfonamides is 1. The van der Waals surface area contributed by atoms with Crippen molar-refractivity contribution in [2.45, 2.75) is 11.4 Å². The highest BCUT2D eigenvalue weighted by molar-refractivity contribution is 9.10. The standard InChI is InChI=1S/C21H24BrN3O5S/c1-23(31(27,28)18-5-3-17(22)4-6-18)14-21(26)25-10-8-24(9-11-25)13-16-2-7-19-20(12-16)30-15-29-19/h2-7,12H,8-11,13-15H2,1H3. The van der Waals surface area contributed by atoms with Gasteiger partial charge >= 0.3 is 0 Å². The normalized spacial score (nSPS) is 16.7.